The van der Waals surface area contributed by atoms with E-state index in [2.05, 4.69) is 29.0 Å². The first-order chi connectivity index (χ1) is 10.5. The normalized spacial score (nSPS) is 16.4. The number of pyridine rings is 1. The van der Waals surface area contributed by atoms with Crippen LogP contribution in [0.15, 0.2) is 18.3 Å². The molecule has 0 radical (unpaired) electrons. The van der Waals surface area contributed by atoms with E-state index in [1.807, 2.05) is 26.0 Å². The van der Waals surface area contributed by atoms with E-state index < -0.39 is 0 Å². The van der Waals surface area contributed by atoms with E-state index >= 15 is 0 Å². The summed E-state index contributed by atoms with van der Waals surface area (Å²) in [5.41, 5.74) is 0.775. The largest absolute Gasteiger partial charge is 0.357 e. The number of anilines is 2. The number of hydrogen-bond donors (Lipinski definition) is 1. The molecule has 1 amide bonds. The summed E-state index contributed by atoms with van der Waals surface area (Å²) < 4.78 is 0. The molecular weight excluding hydrogens is 274 g/mol. The van der Waals surface area contributed by atoms with Crippen LogP contribution < -0.4 is 10.2 Å². The van der Waals surface area contributed by atoms with E-state index in [0.717, 1.165) is 36.4 Å². The van der Waals surface area contributed by atoms with Crippen molar-refractivity contribution in [2.45, 2.75) is 47.0 Å². The van der Waals surface area contributed by atoms with Gasteiger partial charge in [-0.25, -0.2) is 4.98 Å². The first-order valence-electron chi connectivity index (χ1n) is 8.47. The lowest BCUT2D eigenvalue weighted by atomic mass is 9.89. The summed E-state index contributed by atoms with van der Waals surface area (Å²) in [5.74, 6) is 2.69. The summed E-state index contributed by atoms with van der Waals surface area (Å²) in [6.07, 6.45) is 5.61. The number of carbonyl (C=O) groups excluding carboxylic acids is 1. The van der Waals surface area contributed by atoms with Gasteiger partial charge in [0, 0.05) is 19.0 Å². The molecule has 1 N–H and O–H groups in total. The van der Waals surface area contributed by atoms with Gasteiger partial charge in [0.25, 0.3) is 0 Å². The van der Waals surface area contributed by atoms with Crippen LogP contribution in [-0.2, 0) is 4.79 Å². The van der Waals surface area contributed by atoms with Crippen molar-refractivity contribution >= 4 is 17.4 Å². The molecule has 1 aromatic rings. The van der Waals surface area contributed by atoms with Gasteiger partial charge in [-0.3, -0.25) is 4.79 Å². The van der Waals surface area contributed by atoms with E-state index in [1.165, 1.54) is 19.3 Å². The molecule has 0 atom stereocenters. The van der Waals surface area contributed by atoms with Gasteiger partial charge in [-0.05, 0) is 43.2 Å². The molecule has 0 spiro atoms. The van der Waals surface area contributed by atoms with Crippen molar-refractivity contribution in [2.75, 3.05) is 23.3 Å². The van der Waals surface area contributed by atoms with Crippen molar-refractivity contribution in [1.82, 2.24) is 4.98 Å². The molecule has 0 saturated carbocycles. The van der Waals surface area contributed by atoms with Crippen LogP contribution in [0.4, 0.5) is 11.5 Å². The van der Waals surface area contributed by atoms with Crippen molar-refractivity contribution < 1.29 is 4.79 Å². The van der Waals surface area contributed by atoms with Crippen LogP contribution in [0.1, 0.15) is 47.0 Å². The van der Waals surface area contributed by atoms with Crippen LogP contribution in [0.2, 0.25) is 0 Å². The Morgan fingerprint density at radius 2 is 1.95 bits per heavy atom. The highest BCUT2D eigenvalue weighted by Crippen LogP contribution is 2.26. The maximum absolute atomic E-state index is 11.7. The third-order valence-corrected chi connectivity index (χ3v) is 4.28. The maximum Gasteiger partial charge on any atom is 0.226 e. The van der Waals surface area contributed by atoms with Crippen molar-refractivity contribution in [3.05, 3.63) is 18.3 Å². The molecule has 1 aliphatic heterocycles. The molecule has 1 fully saturated rings. The topological polar surface area (TPSA) is 45.2 Å². The molecule has 22 heavy (non-hydrogen) atoms. The Morgan fingerprint density at radius 3 is 2.45 bits per heavy atom. The Bertz CT molecular complexity index is 474. The molecule has 1 saturated heterocycles. The van der Waals surface area contributed by atoms with Crippen LogP contribution >= 0.6 is 0 Å². The molecule has 122 valence electrons. The number of amides is 1. The fourth-order valence-electron chi connectivity index (χ4n) is 3.00. The average Bonchev–Trinajstić information content (AvgIpc) is 2.48. The number of nitrogens with one attached hydrogen (secondary N) is 1. The van der Waals surface area contributed by atoms with E-state index in [9.17, 15) is 4.79 Å². The van der Waals surface area contributed by atoms with Gasteiger partial charge in [-0.1, -0.05) is 27.7 Å². The molecule has 0 aliphatic carbocycles. The molecule has 0 aromatic carbocycles. The summed E-state index contributed by atoms with van der Waals surface area (Å²) >= 11 is 0. The number of piperidine rings is 1. The second-order valence-electron chi connectivity index (χ2n) is 7.11. The van der Waals surface area contributed by atoms with Gasteiger partial charge in [0.1, 0.15) is 5.82 Å². The first kappa shape index (κ1) is 16.8. The summed E-state index contributed by atoms with van der Waals surface area (Å²) in [6, 6.07) is 3.96. The van der Waals surface area contributed by atoms with Crippen LogP contribution in [0.25, 0.3) is 0 Å². The monoisotopic (exact) mass is 303 g/mol. The minimum atomic E-state index is -0.0142. The van der Waals surface area contributed by atoms with Gasteiger partial charge >= 0.3 is 0 Å². The second-order valence-corrected chi connectivity index (χ2v) is 7.11. The minimum Gasteiger partial charge on any atom is -0.357 e. The van der Waals surface area contributed by atoms with Crippen LogP contribution in [0.3, 0.4) is 0 Å². The first-order valence-corrected chi connectivity index (χ1v) is 8.47. The third-order valence-electron chi connectivity index (χ3n) is 4.28. The van der Waals surface area contributed by atoms with E-state index in [-0.39, 0.29) is 11.8 Å². The maximum atomic E-state index is 11.7. The van der Waals surface area contributed by atoms with E-state index in [0.29, 0.717) is 0 Å². The quantitative estimate of drug-likeness (QED) is 0.896. The predicted molar refractivity (Wildman–Crippen MR) is 92.1 cm³/mol. The fourth-order valence-corrected chi connectivity index (χ4v) is 3.00. The Morgan fingerprint density at radius 1 is 1.27 bits per heavy atom. The fraction of sp³-hybridized carbons (Fsp3) is 0.667. The number of aromatic nitrogens is 1. The van der Waals surface area contributed by atoms with E-state index in [1.54, 1.807) is 6.20 Å². The predicted octanol–water partition coefficient (Wildman–Crippen LogP) is 3.94. The lowest BCUT2D eigenvalue weighted by molar-refractivity contribution is -0.118. The van der Waals surface area contributed by atoms with E-state index in [4.69, 9.17) is 0 Å². The summed E-state index contributed by atoms with van der Waals surface area (Å²) in [6.45, 7) is 10.6. The highest BCUT2D eigenvalue weighted by Gasteiger charge is 2.20. The molecule has 0 bridgehead atoms. The van der Waals surface area contributed by atoms with Gasteiger partial charge in [0.2, 0.25) is 5.91 Å². The molecule has 1 aromatic heterocycles. The van der Waals surface area contributed by atoms with Crippen LogP contribution in [-0.4, -0.2) is 24.0 Å². The number of carbonyl (C=O) groups is 1. The third kappa shape index (κ3) is 4.72. The second kappa shape index (κ2) is 7.61. The van der Waals surface area contributed by atoms with Gasteiger partial charge in [0.05, 0.1) is 11.9 Å². The zero-order valence-corrected chi connectivity index (χ0v) is 14.3. The zero-order chi connectivity index (χ0) is 16.1. The summed E-state index contributed by atoms with van der Waals surface area (Å²) in [4.78, 5) is 18.5. The van der Waals surface area contributed by atoms with Crippen molar-refractivity contribution in [3.8, 4) is 0 Å². The van der Waals surface area contributed by atoms with Crippen LogP contribution in [0, 0.1) is 17.8 Å². The summed E-state index contributed by atoms with van der Waals surface area (Å²) in [5, 5.41) is 2.88. The lowest BCUT2D eigenvalue weighted by Crippen LogP contribution is -2.34. The standard InChI is InChI=1S/C18H29N3O/c1-13(2)11-15-7-9-21(10-8-15)17-6-5-16(12-19-17)20-18(22)14(3)4/h5-6,12-15H,7-11H2,1-4H3,(H,20,22). The molecule has 0 unspecified atom stereocenters. The Labute approximate surface area is 134 Å². The van der Waals surface area contributed by atoms with Crippen molar-refractivity contribution in [2.24, 2.45) is 17.8 Å². The highest BCUT2D eigenvalue weighted by molar-refractivity contribution is 5.91. The van der Waals surface area contributed by atoms with Crippen molar-refractivity contribution in [1.29, 1.82) is 0 Å². The van der Waals surface area contributed by atoms with Crippen molar-refractivity contribution in [3.63, 3.8) is 0 Å². The molecule has 2 heterocycles. The Balaban J connectivity index is 1.88. The molecule has 4 nitrogen and oxygen atoms in total. The average molecular weight is 303 g/mol. The SMILES string of the molecule is CC(C)CC1CCN(c2ccc(NC(=O)C(C)C)cn2)CC1. The van der Waals surface area contributed by atoms with Gasteiger partial charge in [0.15, 0.2) is 0 Å². The molecule has 4 heteroatoms. The van der Waals surface area contributed by atoms with Gasteiger partial charge < -0.3 is 10.2 Å². The molecule has 2 rings (SSSR count). The minimum absolute atomic E-state index is 0.0142. The lowest BCUT2D eigenvalue weighted by Gasteiger charge is -2.33. The number of nitrogens with zero attached hydrogens (tertiary/aromatic N) is 2. The number of rotatable bonds is 5. The highest BCUT2D eigenvalue weighted by atomic mass is 16.1. The molecular formula is C18H29N3O. The summed E-state index contributed by atoms with van der Waals surface area (Å²) in [7, 11) is 0. The van der Waals surface area contributed by atoms with Gasteiger partial charge in [-0.15, -0.1) is 0 Å². The molecule has 1 aliphatic rings. The van der Waals surface area contributed by atoms with Gasteiger partial charge in [-0.2, -0.15) is 0 Å². The zero-order valence-electron chi connectivity index (χ0n) is 14.3. The Kier molecular flexibility index (Phi) is 5.81. The van der Waals surface area contributed by atoms with Crippen LogP contribution in [0.5, 0.6) is 0 Å². The number of hydrogen-bond acceptors (Lipinski definition) is 3. The smallest absolute Gasteiger partial charge is 0.226 e. The Hall–Kier alpha value is -1.58.